The highest BCUT2D eigenvalue weighted by Gasteiger charge is 2.40. The summed E-state index contributed by atoms with van der Waals surface area (Å²) in [6.07, 6.45) is 4.35. The van der Waals surface area contributed by atoms with Crippen molar-refractivity contribution in [2.75, 3.05) is 7.11 Å². The van der Waals surface area contributed by atoms with Crippen LogP contribution in [-0.2, 0) is 16.0 Å². The lowest BCUT2D eigenvalue weighted by Gasteiger charge is -2.25. The first kappa shape index (κ1) is 12.1. The van der Waals surface area contributed by atoms with Gasteiger partial charge >= 0.3 is 0 Å². The average Bonchev–Trinajstić information content (AvgIpc) is 2.88. The molecule has 1 aliphatic carbocycles. The molecule has 0 saturated heterocycles. The molecule has 0 bridgehead atoms. The van der Waals surface area contributed by atoms with E-state index in [4.69, 9.17) is 16.3 Å². The van der Waals surface area contributed by atoms with Crippen LogP contribution in [0.4, 0.5) is 0 Å². The van der Waals surface area contributed by atoms with Crippen LogP contribution in [0.3, 0.4) is 0 Å². The van der Waals surface area contributed by atoms with E-state index < -0.39 is 5.60 Å². The van der Waals surface area contributed by atoms with Crippen LogP contribution in [0.1, 0.15) is 30.6 Å². The van der Waals surface area contributed by atoms with Crippen molar-refractivity contribution in [3.63, 3.8) is 0 Å². The van der Waals surface area contributed by atoms with Crippen molar-refractivity contribution in [3.8, 4) is 0 Å². The summed E-state index contributed by atoms with van der Waals surface area (Å²) in [4.78, 5) is 13.2. The van der Waals surface area contributed by atoms with Gasteiger partial charge in [-0.2, -0.15) is 0 Å². The van der Waals surface area contributed by atoms with Crippen LogP contribution >= 0.6 is 22.9 Å². The fraction of sp³-hybridized carbons (Fsp3) is 0.583. The van der Waals surface area contributed by atoms with E-state index in [0.29, 0.717) is 6.42 Å². The van der Waals surface area contributed by atoms with Crippen molar-refractivity contribution in [2.45, 2.75) is 37.7 Å². The molecular formula is C12H15ClO2S. The second kappa shape index (κ2) is 4.86. The maximum atomic E-state index is 12.2. The van der Waals surface area contributed by atoms with Gasteiger partial charge in [0.1, 0.15) is 5.60 Å². The third-order valence-electron chi connectivity index (χ3n) is 3.27. The number of rotatable bonds is 4. The van der Waals surface area contributed by atoms with Crippen molar-refractivity contribution in [2.24, 2.45) is 0 Å². The Morgan fingerprint density at radius 3 is 2.69 bits per heavy atom. The quantitative estimate of drug-likeness (QED) is 0.827. The number of ketones is 1. The first-order valence-electron chi connectivity index (χ1n) is 5.49. The van der Waals surface area contributed by atoms with Crippen molar-refractivity contribution in [1.29, 1.82) is 0 Å². The van der Waals surface area contributed by atoms with Crippen molar-refractivity contribution in [1.82, 2.24) is 0 Å². The van der Waals surface area contributed by atoms with Gasteiger partial charge in [0, 0.05) is 18.4 Å². The van der Waals surface area contributed by atoms with E-state index in [1.165, 1.54) is 11.3 Å². The molecule has 1 saturated carbocycles. The van der Waals surface area contributed by atoms with Gasteiger partial charge in [-0.25, -0.2) is 0 Å². The topological polar surface area (TPSA) is 26.3 Å². The lowest BCUT2D eigenvalue weighted by molar-refractivity contribution is -0.139. The normalized spacial score (nSPS) is 18.9. The number of methoxy groups -OCH3 is 1. The third-order valence-corrected chi connectivity index (χ3v) is 4.50. The summed E-state index contributed by atoms with van der Waals surface area (Å²) in [7, 11) is 1.64. The zero-order chi connectivity index (χ0) is 11.6. The molecule has 4 heteroatoms. The van der Waals surface area contributed by atoms with E-state index in [9.17, 15) is 4.79 Å². The van der Waals surface area contributed by atoms with E-state index >= 15 is 0 Å². The minimum atomic E-state index is -0.517. The Morgan fingerprint density at radius 1 is 1.50 bits per heavy atom. The van der Waals surface area contributed by atoms with E-state index in [1.807, 2.05) is 12.1 Å². The number of halogens is 1. The van der Waals surface area contributed by atoms with Gasteiger partial charge in [0.2, 0.25) is 0 Å². The maximum Gasteiger partial charge on any atom is 0.169 e. The Bertz CT molecular complexity index is 380. The Labute approximate surface area is 105 Å². The molecule has 88 valence electrons. The summed E-state index contributed by atoms with van der Waals surface area (Å²) in [5.41, 5.74) is -0.517. The molecule has 0 amide bonds. The number of hydrogen-bond donors (Lipinski definition) is 0. The van der Waals surface area contributed by atoms with Gasteiger partial charge in [-0.05, 0) is 37.8 Å². The maximum absolute atomic E-state index is 12.2. The number of Topliss-reactive ketones (excluding diaryl/α,β-unsaturated/α-hetero) is 1. The molecule has 2 rings (SSSR count). The third kappa shape index (κ3) is 2.31. The Kier molecular flexibility index (Phi) is 3.67. The van der Waals surface area contributed by atoms with Gasteiger partial charge in [-0.1, -0.05) is 11.6 Å². The zero-order valence-electron chi connectivity index (χ0n) is 9.29. The highest BCUT2D eigenvalue weighted by atomic mass is 35.5. The molecule has 0 N–H and O–H groups in total. The summed E-state index contributed by atoms with van der Waals surface area (Å²) in [6.45, 7) is 0. The predicted molar refractivity (Wildman–Crippen MR) is 66.2 cm³/mol. The minimum absolute atomic E-state index is 0.200. The van der Waals surface area contributed by atoms with Crippen LogP contribution < -0.4 is 0 Å². The van der Waals surface area contributed by atoms with Gasteiger partial charge in [0.15, 0.2) is 5.78 Å². The fourth-order valence-corrected chi connectivity index (χ4v) is 3.40. The number of ether oxygens (including phenoxy) is 1. The molecule has 0 radical (unpaired) electrons. The average molecular weight is 259 g/mol. The van der Waals surface area contributed by atoms with Crippen LogP contribution in [-0.4, -0.2) is 18.5 Å². The summed E-state index contributed by atoms with van der Waals surface area (Å²) in [6, 6.07) is 3.76. The molecule has 0 unspecified atom stereocenters. The lowest BCUT2D eigenvalue weighted by Crippen LogP contribution is -2.38. The molecule has 0 aromatic carbocycles. The van der Waals surface area contributed by atoms with Crippen LogP contribution in [0.2, 0.25) is 4.34 Å². The van der Waals surface area contributed by atoms with Crippen molar-refractivity contribution < 1.29 is 9.53 Å². The van der Waals surface area contributed by atoms with E-state index in [0.717, 1.165) is 34.9 Å². The van der Waals surface area contributed by atoms with Gasteiger partial charge < -0.3 is 4.74 Å². The predicted octanol–water partition coefficient (Wildman–Crippen LogP) is 3.47. The molecule has 0 spiro atoms. The Hall–Kier alpha value is -0.380. The first-order valence-corrected chi connectivity index (χ1v) is 6.68. The number of hydrogen-bond acceptors (Lipinski definition) is 3. The lowest BCUT2D eigenvalue weighted by atomic mass is 9.93. The number of carbonyl (C=O) groups excluding carboxylic acids is 1. The van der Waals surface area contributed by atoms with Crippen molar-refractivity contribution in [3.05, 3.63) is 21.3 Å². The monoisotopic (exact) mass is 258 g/mol. The van der Waals surface area contributed by atoms with Crippen LogP contribution in [0.15, 0.2) is 12.1 Å². The smallest absolute Gasteiger partial charge is 0.169 e. The second-order valence-electron chi connectivity index (χ2n) is 4.21. The molecule has 1 heterocycles. The summed E-state index contributed by atoms with van der Waals surface area (Å²) < 4.78 is 6.20. The molecular weight excluding hydrogens is 244 g/mol. The molecule has 16 heavy (non-hydrogen) atoms. The van der Waals surface area contributed by atoms with Crippen LogP contribution in [0, 0.1) is 0 Å². The summed E-state index contributed by atoms with van der Waals surface area (Å²) >= 11 is 7.32. The molecule has 2 nitrogen and oxygen atoms in total. The van der Waals surface area contributed by atoms with Crippen LogP contribution in [0.25, 0.3) is 0 Å². The molecule has 1 aliphatic rings. The van der Waals surface area contributed by atoms with Crippen LogP contribution in [0.5, 0.6) is 0 Å². The Balaban J connectivity index is 2.07. The van der Waals surface area contributed by atoms with E-state index in [1.54, 1.807) is 7.11 Å². The van der Waals surface area contributed by atoms with Gasteiger partial charge in [0.25, 0.3) is 0 Å². The first-order chi connectivity index (χ1) is 7.66. The molecule has 1 aromatic heterocycles. The van der Waals surface area contributed by atoms with E-state index in [-0.39, 0.29) is 5.78 Å². The van der Waals surface area contributed by atoms with Gasteiger partial charge in [0.05, 0.1) is 4.34 Å². The Morgan fingerprint density at radius 2 is 2.19 bits per heavy atom. The fourth-order valence-electron chi connectivity index (χ4n) is 2.31. The van der Waals surface area contributed by atoms with E-state index in [2.05, 4.69) is 0 Å². The molecule has 1 fully saturated rings. The SMILES string of the molecule is COC1(C(=O)Cc2ccc(Cl)s2)CCCC1. The molecule has 0 atom stereocenters. The van der Waals surface area contributed by atoms with Gasteiger partial charge in [-0.3, -0.25) is 4.79 Å². The largest absolute Gasteiger partial charge is 0.370 e. The summed E-state index contributed by atoms with van der Waals surface area (Å²) in [5, 5.41) is 0. The molecule has 0 aliphatic heterocycles. The number of carbonyl (C=O) groups is 1. The standard InChI is InChI=1S/C12H15ClO2S/c1-15-12(6-2-3-7-12)10(14)8-9-4-5-11(13)16-9/h4-5H,2-3,6-8H2,1H3. The highest BCUT2D eigenvalue weighted by Crippen LogP contribution is 2.35. The highest BCUT2D eigenvalue weighted by molar-refractivity contribution is 7.16. The van der Waals surface area contributed by atoms with Gasteiger partial charge in [-0.15, -0.1) is 11.3 Å². The molecule has 1 aromatic rings. The number of thiophene rings is 1. The zero-order valence-corrected chi connectivity index (χ0v) is 10.9. The van der Waals surface area contributed by atoms with Crippen molar-refractivity contribution >= 4 is 28.7 Å². The minimum Gasteiger partial charge on any atom is -0.370 e. The second-order valence-corrected chi connectivity index (χ2v) is 6.01. The summed E-state index contributed by atoms with van der Waals surface area (Å²) in [5.74, 6) is 0.200.